The number of halogens is 1. The number of rotatable bonds is 2. The van der Waals surface area contributed by atoms with Gasteiger partial charge in [0.05, 0.1) is 15.4 Å². The van der Waals surface area contributed by atoms with Crippen LogP contribution in [0.15, 0.2) is 34.9 Å². The van der Waals surface area contributed by atoms with Crippen molar-refractivity contribution in [1.82, 2.24) is 3.96 Å². The van der Waals surface area contributed by atoms with Crippen molar-refractivity contribution in [1.29, 1.82) is 0 Å². The second kappa shape index (κ2) is 5.81. The first-order valence-electron chi connectivity index (χ1n) is 6.76. The second-order valence-corrected chi connectivity index (χ2v) is 5.60. The highest BCUT2D eigenvalue weighted by molar-refractivity contribution is 7.04. The molecule has 114 valence electrons. The number of ether oxygens (including phenoxy) is 2. The molecule has 0 bridgehead atoms. The molecular weight excluding hydrogens is 305 g/mol. The van der Waals surface area contributed by atoms with Gasteiger partial charge in [0.2, 0.25) is 6.79 Å². The number of fused-ring (bicyclic) bond motifs is 1. The summed E-state index contributed by atoms with van der Waals surface area (Å²) in [5, 5.41) is 0.348. The van der Waals surface area contributed by atoms with E-state index in [0.29, 0.717) is 22.4 Å². The van der Waals surface area contributed by atoms with Gasteiger partial charge in [-0.1, -0.05) is 23.7 Å². The Bertz CT molecular complexity index is 924. The van der Waals surface area contributed by atoms with E-state index in [1.54, 1.807) is 31.2 Å². The smallest absolute Gasteiger partial charge is 0.273 e. The SMILES string of the molecule is C\C=C(F)/C=c1/c(=O)n(-c2ccc3c(c2)OCO3)s/c1=C/C. The average molecular weight is 319 g/mol. The predicted molar refractivity (Wildman–Crippen MR) is 84.8 cm³/mol. The summed E-state index contributed by atoms with van der Waals surface area (Å²) < 4.78 is 26.3. The van der Waals surface area contributed by atoms with Crippen molar-refractivity contribution < 1.29 is 13.9 Å². The summed E-state index contributed by atoms with van der Waals surface area (Å²) in [6.07, 6.45) is 4.38. The monoisotopic (exact) mass is 319 g/mol. The lowest BCUT2D eigenvalue weighted by molar-refractivity contribution is 0.174. The van der Waals surface area contributed by atoms with Crippen molar-refractivity contribution in [3.63, 3.8) is 0 Å². The zero-order chi connectivity index (χ0) is 15.7. The number of nitrogens with zero attached hydrogens (tertiary/aromatic N) is 1. The summed E-state index contributed by atoms with van der Waals surface area (Å²) in [7, 11) is 0. The number of benzene rings is 1. The van der Waals surface area contributed by atoms with E-state index in [-0.39, 0.29) is 12.4 Å². The zero-order valence-electron chi connectivity index (χ0n) is 12.1. The molecule has 22 heavy (non-hydrogen) atoms. The van der Waals surface area contributed by atoms with Crippen LogP contribution in [0.4, 0.5) is 4.39 Å². The highest BCUT2D eigenvalue weighted by Crippen LogP contribution is 2.33. The molecule has 1 aromatic carbocycles. The second-order valence-electron chi connectivity index (χ2n) is 4.61. The Balaban J connectivity index is 2.22. The van der Waals surface area contributed by atoms with Gasteiger partial charge in [0.15, 0.2) is 11.5 Å². The molecule has 0 fully saturated rings. The maximum Gasteiger partial charge on any atom is 0.273 e. The number of allylic oxidation sites excluding steroid dienone is 2. The number of aromatic nitrogens is 1. The molecule has 0 unspecified atom stereocenters. The van der Waals surface area contributed by atoms with Crippen molar-refractivity contribution in [2.75, 3.05) is 6.79 Å². The molecule has 0 spiro atoms. The lowest BCUT2D eigenvalue weighted by Gasteiger charge is -2.01. The van der Waals surface area contributed by atoms with Gasteiger partial charge in [-0.3, -0.25) is 4.79 Å². The molecule has 0 amide bonds. The van der Waals surface area contributed by atoms with Gasteiger partial charge in [-0.2, -0.15) is 0 Å². The van der Waals surface area contributed by atoms with Gasteiger partial charge in [-0.25, -0.2) is 8.35 Å². The summed E-state index contributed by atoms with van der Waals surface area (Å²) in [4.78, 5) is 12.6. The summed E-state index contributed by atoms with van der Waals surface area (Å²) in [6.45, 7) is 3.59. The van der Waals surface area contributed by atoms with Crippen molar-refractivity contribution in [2.24, 2.45) is 0 Å². The van der Waals surface area contributed by atoms with Crippen LogP contribution in [0.2, 0.25) is 0 Å². The maximum atomic E-state index is 13.5. The molecule has 3 rings (SSSR count). The third kappa shape index (κ3) is 2.46. The lowest BCUT2D eigenvalue weighted by Crippen LogP contribution is -2.34. The van der Waals surface area contributed by atoms with E-state index in [2.05, 4.69) is 0 Å². The molecule has 1 aliphatic heterocycles. The van der Waals surface area contributed by atoms with Crippen LogP contribution in [-0.4, -0.2) is 10.7 Å². The third-order valence-corrected chi connectivity index (χ3v) is 4.49. The maximum absolute atomic E-state index is 13.5. The minimum atomic E-state index is -0.434. The molecule has 0 radical (unpaired) electrons. The zero-order valence-corrected chi connectivity index (χ0v) is 12.9. The largest absolute Gasteiger partial charge is 0.454 e. The van der Waals surface area contributed by atoms with Crippen molar-refractivity contribution in [3.8, 4) is 17.2 Å². The van der Waals surface area contributed by atoms with Crippen molar-refractivity contribution in [3.05, 3.63) is 50.2 Å². The van der Waals surface area contributed by atoms with Crippen LogP contribution in [0.25, 0.3) is 17.8 Å². The summed E-state index contributed by atoms with van der Waals surface area (Å²) in [5.74, 6) is 0.822. The molecule has 2 heterocycles. The standard InChI is InChI=1S/C16H14FNO3S/c1-3-10(17)7-12-15(4-2)22-18(16(12)19)11-5-6-13-14(8-11)21-9-20-13/h3-8H,9H2,1-2H3/b10-3+,12-7+,15-4+. The minimum absolute atomic E-state index is 0.178. The Kier molecular flexibility index (Phi) is 3.85. The summed E-state index contributed by atoms with van der Waals surface area (Å²) in [6, 6.07) is 5.28. The fraction of sp³-hybridized carbons (Fsp3) is 0.188. The van der Waals surface area contributed by atoms with Crippen LogP contribution in [0.3, 0.4) is 0 Å². The topological polar surface area (TPSA) is 40.5 Å². The molecule has 0 aliphatic carbocycles. The average Bonchev–Trinajstić information content (AvgIpc) is 3.12. The van der Waals surface area contributed by atoms with Gasteiger partial charge < -0.3 is 9.47 Å². The quantitative estimate of drug-likeness (QED) is 0.851. The lowest BCUT2D eigenvalue weighted by atomic mass is 10.3. The number of hydrogen-bond acceptors (Lipinski definition) is 4. The van der Waals surface area contributed by atoms with Crippen LogP contribution in [0.1, 0.15) is 13.8 Å². The molecule has 1 aromatic heterocycles. The molecule has 1 aliphatic rings. The van der Waals surface area contributed by atoms with E-state index in [4.69, 9.17) is 9.47 Å². The van der Waals surface area contributed by atoms with E-state index >= 15 is 0 Å². The first-order valence-corrected chi connectivity index (χ1v) is 7.53. The van der Waals surface area contributed by atoms with Crippen LogP contribution >= 0.6 is 11.5 Å². The highest BCUT2D eigenvalue weighted by atomic mass is 32.1. The van der Waals surface area contributed by atoms with Crippen LogP contribution < -0.4 is 24.8 Å². The van der Waals surface area contributed by atoms with Gasteiger partial charge in [0.25, 0.3) is 5.56 Å². The van der Waals surface area contributed by atoms with Crippen molar-refractivity contribution >= 4 is 23.7 Å². The molecule has 0 atom stereocenters. The van der Waals surface area contributed by atoms with E-state index in [1.807, 2.05) is 6.92 Å². The first kappa shape index (κ1) is 14.6. The third-order valence-electron chi connectivity index (χ3n) is 3.28. The molecule has 0 saturated heterocycles. The Morgan fingerprint density at radius 1 is 1.32 bits per heavy atom. The first-order chi connectivity index (χ1) is 10.6. The number of hydrogen-bond donors (Lipinski definition) is 0. The van der Waals surface area contributed by atoms with E-state index in [9.17, 15) is 9.18 Å². The molecule has 4 nitrogen and oxygen atoms in total. The van der Waals surface area contributed by atoms with E-state index in [0.717, 1.165) is 4.53 Å². The van der Waals surface area contributed by atoms with Gasteiger partial charge >= 0.3 is 0 Å². The predicted octanol–water partition coefficient (Wildman–Crippen LogP) is 2.08. The Morgan fingerprint density at radius 3 is 2.82 bits per heavy atom. The highest BCUT2D eigenvalue weighted by Gasteiger charge is 2.15. The molecule has 2 aromatic rings. The van der Waals surface area contributed by atoms with Gasteiger partial charge in [0, 0.05) is 6.07 Å². The van der Waals surface area contributed by atoms with E-state index < -0.39 is 5.83 Å². The Hall–Kier alpha value is -2.34. The summed E-state index contributed by atoms with van der Waals surface area (Å²) >= 11 is 1.26. The molecular formula is C16H14FNO3S. The minimum Gasteiger partial charge on any atom is -0.454 e. The van der Waals surface area contributed by atoms with Gasteiger partial charge in [-0.05, 0) is 32.1 Å². The summed E-state index contributed by atoms with van der Waals surface area (Å²) in [5.41, 5.74) is 0.414. The Morgan fingerprint density at radius 2 is 2.09 bits per heavy atom. The molecule has 0 N–H and O–H groups in total. The fourth-order valence-corrected chi connectivity index (χ4v) is 3.09. The van der Waals surface area contributed by atoms with Gasteiger partial charge in [0.1, 0.15) is 5.83 Å². The van der Waals surface area contributed by atoms with Crippen molar-refractivity contribution in [2.45, 2.75) is 13.8 Å². The van der Waals surface area contributed by atoms with E-state index in [1.165, 1.54) is 27.6 Å². The molecule has 6 heteroatoms. The van der Waals surface area contributed by atoms with Gasteiger partial charge in [-0.15, -0.1) is 0 Å². The Labute approximate surface area is 130 Å². The fourth-order valence-electron chi connectivity index (χ4n) is 2.15. The van der Waals surface area contributed by atoms with Crippen LogP contribution in [-0.2, 0) is 0 Å². The molecule has 0 saturated carbocycles. The van der Waals surface area contributed by atoms with Crippen LogP contribution in [0.5, 0.6) is 11.5 Å². The van der Waals surface area contributed by atoms with Crippen LogP contribution in [0, 0.1) is 0 Å². The normalized spacial score (nSPS) is 15.7.